The molecule has 0 saturated heterocycles. The fourth-order valence-electron chi connectivity index (χ4n) is 1.46. The van der Waals surface area contributed by atoms with Gasteiger partial charge in [0.25, 0.3) is 0 Å². The van der Waals surface area contributed by atoms with Crippen molar-refractivity contribution >= 4 is 27.6 Å². The van der Waals surface area contributed by atoms with Crippen molar-refractivity contribution in [3.05, 3.63) is 28.2 Å². The fourth-order valence-corrected chi connectivity index (χ4v) is 1.86. The summed E-state index contributed by atoms with van der Waals surface area (Å²) >= 11 is 3.29. The molecule has 1 aromatic carbocycles. The van der Waals surface area contributed by atoms with Crippen molar-refractivity contribution < 1.29 is 14.3 Å². The van der Waals surface area contributed by atoms with E-state index in [-0.39, 0.29) is 5.78 Å². The first-order chi connectivity index (χ1) is 7.47. The largest absolute Gasteiger partial charge is 0.496 e. The Bertz CT molecular complexity index is 417. The van der Waals surface area contributed by atoms with Gasteiger partial charge in [-0.05, 0) is 40.5 Å². The minimum Gasteiger partial charge on any atom is -0.496 e. The molecular weight excluding hydrogens is 274 g/mol. The van der Waals surface area contributed by atoms with Crippen molar-refractivity contribution in [2.45, 2.75) is 12.8 Å². The number of halogens is 1. The molecule has 0 aliphatic rings. The smallest absolute Gasteiger partial charge is 0.232 e. The molecule has 4 nitrogen and oxygen atoms in total. The number of hydrogen-bond donors (Lipinski definition) is 1. The Morgan fingerprint density at radius 3 is 2.50 bits per heavy atom. The molecule has 1 aromatic rings. The summed E-state index contributed by atoms with van der Waals surface area (Å²) in [5, 5.41) is 0. The first-order valence-corrected chi connectivity index (χ1v) is 5.40. The summed E-state index contributed by atoms with van der Waals surface area (Å²) in [6.45, 7) is 1.34. The van der Waals surface area contributed by atoms with Gasteiger partial charge >= 0.3 is 0 Å². The van der Waals surface area contributed by atoms with Crippen LogP contribution in [-0.2, 0) is 9.59 Å². The molecule has 1 unspecified atom stereocenters. The number of ketones is 1. The Hall–Kier alpha value is -1.36. The number of primary amides is 1. The molecule has 0 saturated carbocycles. The molecule has 16 heavy (non-hydrogen) atoms. The van der Waals surface area contributed by atoms with E-state index in [1.807, 2.05) is 0 Å². The number of carbonyl (C=O) groups is 2. The third kappa shape index (κ3) is 2.61. The Labute approximate surface area is 102 Å². The lowest BCUT2D eigenvalue weighted by molar-refractivity contribution is -0.127. The maximum absolute atomic E-state index is 11.3. The Balaban J connectivity index is 3.20. The molecule has 0 aliphatic heterocycles. The van der Waals surface area contributed by atoms with Crippen LogP contribution in [0.5, 0.6) is 5.75 Å². The number of benzene rings is 1. The van der Waals surface area contributed by atoms with Gasteiger partial charge in [0.05, 0.1) is 11.6 Å². The standard InChI is InChI=1S/C11H12BrNO3/c1-6(14)10(11(13)15)7-3-4-8(12)9(5-7)16-2/h3-5,10H,1-2H3,(H2,13,15). The van der Waals surface area contributed by atoms with Crippen molar-refractivity contribution in [1.29, 1.82) is 0 Å². The van der Waals surface area contributed by atoms with Gasteiger partial charge in [0.2, 0.25) is 5.91 Å². The Morgan fingerprint density at radius 1 is 1.44 bits per heavy atom. The van der Waals surface area contributed by atoms with E-state index in [0.29, 0.717) is 11.3 Å². The lowest BCUT2D eigenvalue weighted by Gasteiger charge is -2.12. The topological polar surface area (TPSA) is 69.4 Å². The van der Waals surface area contributed by atoms with E-state index >= 15 is 0 Å². The molecule has 0 aliphatic carbocycles. The molecular formula is C11H12BrNO3. The van der Waals surface area contributed by atoms with Crippen LogP contribution in [0.1, 0.15) is 18.4 Å². The zero-order chi connectivity index (χ0) is 12.3. The summed E-state index contributed by atoms with van der Waals surface area (Å²) < 4.78 is 5.84. The van der Waals surface area contributed by atoms with E-state index in [1.165, 1.54) is 14.0 Å². The summed E-state index contributed by atoms with van der Waals surface area (Å²) in [6, 6.07) is 5.01. The lowest BCUT2D eigenvalue weighted by atomic mass is 9.95. The van der Waals surface area contributed by atoms with Gasteiger partial charge in [-0.25, -0.2) is 0 Å². The van der Waals surface area contributed by atoms with Crippen LogP contribution in [0.3, 0.4) is 0 Å². The number of methoxy groups -OCH3 is 1. The molecule has 0 bridgehead atoms. The van der Waals surface area contributed by atoms with Crippen LogP contribution >= 0.6 is 15.9 Å². The van der Waals surface area contributed by atoms with Gasteiger partial charge in [0.15, 0.2) is 0 Å². The molecule has 2 N–H and O–H groups in total. The number of amides is 1. The highest BCUT2D eigenvalue weighted by molar-refractivity contribution is 9.10. The number of hydrogen-bond acceptors (Lipinski definition) is 3. The summed E-state index contributed by atoms with van der Waals surface area (Å²) in [7, 11) is 1.51. The number of nitrogens with two attached hydrogens (primary N) is 1. The number of Topliss-reactive ketones (excluding diaryl/α,β-unsaturated/α-hetero) is 1. The third-order valence-electron chi connectivity index (χ3n) is 2.20. The molecule has 1 amide bonds. The van der Waals surface area contributed by atoms with Gasteiger partial charge in [-0.2, -0.15) is 0 Å². The minimum absolute atomic E-state index is 0.281. The van der Waals surface area contributed by atoms with Crippen LogP contribution in [-0.4, -0.2) is 18.8 Å². The molecule has 1 atom stereocenters. The van der Waals surface area contributed by atoms with Crippen molar-refractivity contribution in [2.75, 3.05) is 7.11 Å². The number of carbonyl (C=O) groups excluding carboxylic acids is 2. The SMILES string of the molecule is COc1cc(C(C(C)=O)C(N)=O)ccc1Br. The first kappa shape index (κ1) is 12.7. The quantitative estimate of drug-likeness (QED) is 0.855. The average molecular weight is 286 g/mol. The van der Waals surface area contributed by atoms with Gasteiger partial charge in [-0.3, -0.25) is 9.59 Å². The predicted octanol–water partition coefficient (Wildman–Crippen LogP) is 1.62. The first-order valence-electron chi connectivity index (χ1n) is 4.60. The van der Waals surface area contributed by atoms with Gasteiger partial charge < -0.3 is 10.5 Å². The molecule has 1 rings (SSSR count). The van der Waals surface area contributed by atoms with Gasteiger partial charge in [0, 0.05) is 0 Å². The van der Waals surface area contributed by atoms with Gasteiger partial charge in [-0.1, -0.05) is 6.07 Å². The Kier molecular flexibility index (Phi) is 4.06. The van der Waals surface area contributed by atoms with Crippen molar-refractivity contribution in [3.63, 3.8) is 0 Å². The second kappa shape index (κ2) is 5.12. The number of rotatable bonds is 4. The fraction of sp³-hybridized carbons (Fsp3) is 0.273. The molecule has 86 valence electrons. The second-order valence-electron chi connectivity index (χ2n) is 3.34. The van der Waals surface area contributed by atoms with E-state index in [9.17, 15) is 9.59 Å². The van der Waals surface area contributed by atoms with Crippen LogP contribution in [0.15, 0.2) is 22.7 Å². The van der Waals surface area contributed by atoms with Gasteiger partial charge in [-0.15, -0.1) is 0 Å². The van der Waals surface area contributed by atoms with Crippen LogP contribution in [0.25, 0.3) is 0 Å². The van der Waals surface area contributed by atoms with Crippen LogP contribution in [0, 0.1) is 0 Å². The second-order valence-corrected chi connectivity index (χ2v) is 4.19. The molecule has 0 aromatic heterocycles. The van der Waals surface area contributed by atoms with E-state index < -0.39 is 11.8 Å². The van der Waals surface area contributed by atoms with E-state index in [4.69, 9.17) is 10.5 Å². The highest BCUT2D eigenvalue weighted by Crippen LogP contribution is 2.29. The van der Waals surface area contributed by atoms with E-state index in [0.717, 1.165) is 4.47 Å². The van der Waals surface area contributed by atoms with E-state index in [2.05, 4.69) is 15.9 Å². The molecule has 0 radical (unpaired) electrons. The van der Waals surface area contributed by atoms with Crippen LogP contribution in [0.4, 0.5) is 0 Å². The minimum atomic E-state index is -0.915. The lowest BCUT2D eigenvalue weighted by Crippen LogP contribution is -2.26. The Morgan fingerprint density at radius 2 is 2.06 bits per heavy atom. The number of ether oxygens (including phenoxy) is 1. The summed E-state index contributed by atoms with van der Waals surface area (Å²) in [4.78, 5) is 22.5. The highest BCUT2D eigenvalue weighted by Gasteiger charge is 2.23. The summed E-state index contributed by atoms with van der Waals surface area (Å²) in [6.07, 6.45) is 0. The normalized spacial score (nSPS) is 11.9. The third-order valence-corrected chi connectivity index (χ3v) is 2.85. The molecule has 0 spiro atoms. The highest BCUT2D eigenvalue weighted by atomic mass is 79.9. The van der Waals surface area contributed by atoms with Crippen molar-refractivity contribution in [3.8, 4) is 5.75 Å². The molecule has 0 heterocycles. The monoisotopic (exact) mass is 285 g/mol. The maximum atomic E-state index is 11.3. The zero-order valence-electron chi connectivity index (χ0n) is 8.99. The van der Waals surface area contributed by atoms with Crippen molar-refractivity contribution in [2.24, 2.45) is 5.73 Å². The van der Waals surface area contributed by atoms with Crippen molar-refractivity contribution in [1.82, 2.24) is 0 Å². The average Bonchev–Trinajstić information content (AvgIpc) is 2.19. The molecule has 5 heteroatoms. The molecule has 0 fully saturated rings. The maximum Gasteiger partial charge on any atom is 0.232 e. The zero-order valence-corrected chi connectivity index (χ0v) is 10.6. The van der Waals surface area contributed by atoms with Crippen LogP contribution in [0.2, 0.25) is 0 Å². The summed E-state index contributed by atoms with van der Waals surface area (Å²) in [5.41, 5.74) is 5.73. The van der Waals surface area contributed by atoms with E-state index in [1.54, 1.807) is 18.2 Å². The summed E-state index contributed by atoms with van der Waals surface area (Å²) in [5.74, 6) is -1.29. The van der Waals surface area contributed by atoms with Gasteiger partial charge in [0.1, 0.15) is 17.5 Å². The predicted molar refractivity (Wildman–Crippen MR) is 63.3 cm³/mol. The van der Waals surface area contributed by atoms with Crippen LogP contribution < -0.4 is 10.5 Å².